The van der Waals surface area contributed by atoms with Gasteiger partial charge in [-0.1, -0.05) is 12.1 Å². The quantitative estimate of drug-likeness (QED) is 0.399. The zero-order valence-corrected chi connectivity index (χ0v) is 16.3. The van der Waals surface area contributed by atoms with Crippen LogP contribution in [0.25, 0.3) is 22.2 Å². The Bertz CT molecular complexity index is 1120. The smallest absolute Gasteiger partial charge is 0.416 e. The lowest BCUT2D eigenvalue weighted by molar-refractivity contribution is -0.137. The number of nitrogens with one attached hydrogen (secondary N) is 1. The molecule has 4 aromatic rings. The minimum absolute atomic E-state index is 0.388. The number of methoxy groups -OCH3 is 1. The summed E-state index contributed by atoms with van der Waals surface area (Å²) in [5, 5.41) is 8.26. The van der Waals surface area contributed by atoms with Crippen LogP contribution in [0.4, 0.5) is 18.9 Å². The summed E-state index contributed by atoms with van der Waals surface area (Å²) in [6, 6.07) is 14.8. The number of ether oxygens (including phenoxy) is 1. The molecule has 0 fully saturated rings. The molecule has 0 aliphatic carbocycles. The van der Waals surface area contributed by atoms with E-state index in [2.05, 4.69) is 5.32 Å². The highest BCUT2D eigenvalue weighted by Gasteiger charge is 2.29. The second-order valence-corrected chi connectivity index (χ2v) is 7.28. The van der Waals surface area contributed by atoms with Gasteiger partial charge in [0.25, 0.3) is 0 Å². The van der Waals surface area contributed by atoms with Crippen molar-refractivity contribution in [2.45, 2.75) is 12.7 Å². The van der Waals surface area contributed by atoms with E-state index in [1.54, 1.807) is 18.4 Å². The normalized spacial score (nSPS) is 11.6. The van der Waals surface area contributed by atoms with E-state index in [9.17, 15) is 13.2 Å². The molecule has 1 N–H and O–H groups in total. The molecule has 0 bridgehead atoms. The van der Waals surface area contributed by atoms with E-state index in [1.165, 1.54) is 12.1 Å². The van der Waals surface area contributed by atoms with Crippen LogP contribution in [0.2, 0.25) is 0 Å². The fraction of sp³-hybridized carbons (Fsp3) is 0.136. The number of fused-ring (bicyclic) bond motifs is 1. The van der Waals surface area contributed by atoms with E-state index >= 15 is 0 Å². The molecule has 0 saturated heterocycles. The Morgan fingerprint density at radius 2 is 1.83 bits per heavy atom. The average molecular weight is 414 g/mol. The first-order valence-corrected chi connectivity index (χ1v) is 9.80. The lowest BCUT2D eigenvalue weighted by atomic mass is 10.1. The molecule has 0 saturated carbocycles. The van der Waals surface area contributed by atoms with Crippen LogP contribution in [-0.4, -0.2) is 12.1 Å². The van der Waals surface area contributed by atoms with Gasteiger partial charge in [-0.2, -0.15) is 24.5 Å². The lowest BCUT2D eigenvalue weighted by Crippen LogP contribution is -2.06. The maximum Gasteiger partial charge on any atom is 0.416 e. The first kappa shape index (κ1) is 19.3. The second-order valence-electron chi connectivity index (χ2n) is 6.50. The van der Waals surface area contributed by atoms with Gasteiger partial charge in [-0.25, -0.2) is 4.98 Å². The van der Waals surface area contributed by atoms with Gasteiger partial charge in [-0.3, -0.25) is 0 Å². The summed E-state index contributed by atoms with van der Waals surface area (Å²) in [7, 11) is 1.61. The fourth-order valence-corrected chi connectivity index (χ4v) is 3.68. The van der Waals surface area contributed by atoms with E-state index < -0.39 is 11.7 Å². The predicted molar refractivity (Wildman–Crippen MR) is 110 cm³/mol. The molecule has 2 heterocycles. The number of hydrogen-bond acceptors (Lipinski definition) is 4. The van der Waals surface area contributed by atoms with Gasteiger partial charge in [-0.05, 0) is 47.3 Å². The van der Waals surface area contributed by atoms with Crippen molar-refractivity contribution in [1.29, 1.82) is 0 Å². The summed E-state index contributed by atoms with van der Waals surface area (Å²) in [5.41, 5.74) is 3.51. The van der Waals surface area contributed by atoms with Crippen LogP contribution in [0.3, 0.4) is 0 Å². The van der Waals surface area contributed by atoms with Crippen molar-refractivity contribution in [3.8, 4) is 17.0 Å². The van der Waals surface area contributed by atoms with Gasteiger partial charge < -0.3 is 10.1 Å². The van der Waals surface area contributed by atoms with E-state index in [1.807, 2.05) is 41.1 Å². The molecule has 29 heavy (non-hydrogen) atoms. The van der Waals surface area contributed by atoms with Gasteiger partial charge in [0.1, 0.15) is 5.75 Å². The van der Waals surface area contributed by atoms with Crippen LogP contribution in [0.15, 0.2) is 65.4 Å². The number of aromatic nitrogens is 1. The topological polar surface area (TPSA) is 34.1 Å². The molecular weight excluding hydrogens is 397 g/mol. The van der Waals surface area contributed by atoms with Gasteiger partial charge in [0.05, 0.1) is 29.6 Å². The summed E-state index contributed by atoms with van der Waals surface area (Å²) in [6.07, 6.45) is -4.33. The zero-order chi connectivity index (χ0) is 20.4. The minimum atomic E-state index is -4.33. The largest absolute Gasteiger partial charge is 0.497 e. The van der Waals surface area contributed by atoms with Crippen LogP contribution in [-0.2, 0) is 12.7 Å². The van der Waals surface area contributed by atoms with E-state index in [4.69, 9.17) is 9.72 Å². The molecule has 2 aromatic carbocycles. The monoisotopic (exact) mass is 414 g/mol. The van der Waals surface area contributed by atoms with Gasteiger partial charge in [0.2, 0.25) is 0 Å². The number of pyridine rings is 1. The highest BCUT2D eigenvalue weighted by molar-refractivity contribution is 7.08. The van der Waals surface area contributed by atoms with Crippen molar-refractivity contribution in [3.05, 3.63) is 76.5 Å². The zero-order valence-electron chi connectivity index (χ0n) is 15.5. The van der Waals surface area contributed by atoms with Crippen molar-refractivity contribution in [2.24, 2.45) is 0 Å². The van der Waals surface area contributed by atoms with E-state index in [0.29, 0.717) is 6.54 Å². The lowest BCUT2D eigenvalue weighted by Gasteiger charge is -2.14. The van der Waals surface area contributed by atoms with Crippen LogP contribution < -0.4 is 10.1 Å². The third-order valence-corrected chi connectivity index (χ3v) is 5.27. The van der Waals surface area contributed by atoms with Crippen molar-refractivity contribution >= 4 is 27.9 Å². The number of nitrogens with zero attached hydrogens (tertiary/aromatic N) is 1. The average Bonchev–Trinajstić information content (AvgIpc) is 3.25. The third-order valence-electron chi connectivity index (χ3n) is 4.58. The Morgan fingerprint density at radius 3 is 2.48 bits per heavy atom. The molecule has 4 rings (SSSR count). The first-order valence-electron chi connectivity index (χ1n) is 8.85. The Balaban J connectivity index is 1.66. The number of halogens is 3. The molecule has 7 heteroatoms. The summed E-state index contributed by atoms with van der Waals surface area (Å²) >= 11 is 1.58. The van der Waals surface area contributed by atoms with Crippen LogP contribution in [0.1, 0.15) is 11.1 Å². The molecule has 148 valence electrons. The van der Waals surface area contributed by atoms with Crippen molar-refractivity contribution < 1.29 is 17.9 Å². The minimum Gasteiger partial charge on any atom is -0.497 e. The van der Waals surface area contributed by atoms with Gasteiger partial charge in [0.15, 0.2) is 0 Å². The molecule has 0 spiro atoms. The highest BCUT2D eigenvalue weighted by atomic mass is 32.1. The molecular formula is C22H17F3N2OS. The number of thiophene rings is 1. The molecule has 0 amide bonds. The first-order chi connectivity index (χ1) is 13.9. The van der Waals surface area contributed by atoms with Crippen molar-refractivity contribution in [3.63, 3.8) is 0 Å². The summed E-state index contributed by atoms with van der Waals surface area (Å²) in [4.78, 5) is 4.80. The van der Waals surface area contributed by atoms with Crippen molar-refractivity contribution in [1.82, 2.24) is 4.98 Å². The molecule has 3 nitrogen and oxygen atoms in total. The van der Waals surface area contributed by atoms with Gasteiger partial charge >= 0.3 is 6.18 Å². The number of alkyl halides is 3. The van der Waals surface area contributed by atoms with E-state index in [0.717, 1.165) is 51.3 Å². The maximum absolute atomic E-state index is 12.8. The van der Waals surface area contributed by atoms with Crippen LogP contribution in [0.5, 0.6) is 5.75 Å². The molecule has 2 aromatic heterocycles. The number of benzene rings is 2. The van der Waals surface area contributed by atoms with Gasteiger partial charge in [0, 0.05) is 28.9 Å². The Kier molecular flexibility index (Phi) is 5.15. The van der Waals surface area contributed by atoms with Crippen LogP contribution in [0, 0.1) is 0 Å². The molecule has 0 unspecified atom stereocenters. The predicted octanol–water partition coefficient (Wildman–Crippen LogP) is 6.60. The molecule has 0 aliphatic rings. The third kappa shape index (κ3) is 4.19. The highest BCUT2D eigenvalue weighted by Crippen LogP contribution is 2.33. The standard InChI is InChI=1S/C22H17F3N2OS/c1-28-18-7-4-15-10-20(21(27-19(15)11-18)16-8-9-29-13-16)26-12-14-2-5-17(6-3-14)22(23,24)25/h2-11,13,26H,12H2,1H3. The number of anilines is 1. The van der Waals surface area contributed by atoms with Crippen molar-refractivity contribution in [2.75, 3.05) is 12.4 Å². The van der Waals surface area contributed by atoms with Crippen LogP contribution >= 0.6 is 11.3 Å². The summed E-state index contributed by atoms with van der Waals surface area (Å²) < 4.78 is 43.5. The second kappa shape index (κ2) is 7.75. The fourth-order valence-electron chi connectivity index (χ4n) is 3.04. The molecule has 0 aliphatic heterocycles. The Morgan fingerprint density at radius 1 is 1.03 bits per heavy atom. The number of rotatable bonds is 5. The molecule has 0 radical (unpaired) electrons. The van der Waals surface area contributed by atoms with E-state index in [-0.39, 0.29) is 0 Å². The van der Waals surface area contributed by atoms with Gasteiger partial charge in [-0.15, -0.1) is 0 Å². The Labute approximate surface area is 169 Å². The number of hydrogen-bond donors (Lipinski definition) is 1. The maximum atomic E-state index is 12.8. The Hall–Kier alpha value is -3.06. The summed E-state index contributed by atoms with van der Waals surface area (Å²) in [6.45, 7) is 0.388. The molecule has 0 atom stereocenters. The summed E-state index contributed by atoms with van der Waals surface area (Å²) in [5.74, 6) is 0.728. The SMILES string of the molecule is COc1ccc2cc(NCc3ccc(C(F)(F)F)cc3)c(-c3ccsc3)nc2c1.